The largest absolute Gasteiger partial charge is 0.495 e. The molecule has 1 amide bonds. The second kappa shape index (κ2) is 10.2. The van der Waals surface area contributed by atoms with Gasteiger partial charge in [-0.1, -0.05) is 31.9 Å². The highest BCUT2D eigenvalue weighted by Crippen LogP contribution is 2.29. The number of carbonyl (C=O) groups excluding carboxylic acids is 1. The van der Waals surface area contributed by atoms with E-state index in [-0.39, 0.29) is 12.5 Å². The van der Waals surface area contributed by atoms with Crippen LogP contribution < -0.4 is 14.4 Å². The lowest BCUT2D eigenvalue weighted by molar-refractivity contribution is -0.121. The van der Waals surface area contributed by atoms with Gasteiger partial charge in [0.15, 0.2) is 0 Å². The smallest absolute Gasteiger partial charge is 0.232 e. The third kappa shape index (κ3) is 6.78. The van der Waals surface area contributed by atoms with Crippen molar-refractivity contribution in [2.45, 2.75) is 39.0 Å². The Labute approximate surface area is 145 Å². The molecular weight excluding hydrogens is 328 g/mol. The van der Waals surface area contributed by atoms with Crippen LogP contribution in [0.25, 0.3) is 0 Å². The van der Waals surface area contributed by atoms with Crippen LogP contribution in [-0.4, -0.2) is 40.8 Å². The first-order valence-corrected chi connectivity index (χ1v) is 10.1. The number of carbonyl (C=O) groups is 1. The molecule has 0 atom stereocenters. The maximum absolute atomic E-state index is 12.1. The fourth-order valence-electron chi connectivity index (χ4n) is 2.38. The van der Waals surface area contributed by atoms with E-state index in [4.69, 9.17) is 4.74 Å². The van der Waals surface area contributed by atoms with Gasteiger partial charge >= 0.3 is 0 Å². The minimum absolute atomic E-state index is 0.0421. The van der Waals surface area contributed by atoms with Crippen molar-refractivity contribution in [3.05, 3.63) is 24.3 Å². The van der Waals surface area contributed by atoms with E-state index in [1.54, 1.807) is 24.3 Å². The van der Waals surface area contributed by atoms with Crippen LogP contribution in [0.15, 0.2) is 24.3 Å². The number of sulfonamides is 1. The molecule has 0 bridgehead atoms. The Hall–Kier alpha value is -1.76. The lowest BCUT2D eigenvalue weighted by Gasteiger charge is -2.24. The fraction of sp³-hybridized carbons (Fsp3) is 0.588. The van der Waals surface area contributed by atoms with E-state index < -0.39 is 10.0 Å². The van der Waals surface area contributed by atoms with E-state index >= 15 is 0 Å². The van der Waals surface area contributed by atoms with E-state index in [9.17, 15) is 13.2 Å². The van der Waals surface area contributed by atoms with Crippen molar-refractivity contribution < 1.29 is 17.9 Å². The van der Waals surface area contributed by atoms with Crippen LogP contribution in [0.5, 0.6) is 5.75 Å². The SMILES string of the molecule is CCCCCNC(=O)CCCN(c1ccccc1OC)S(C)(=O)=O. The van der Waals surface area contributed by atoms with Gasteiger partial charge in [0.25, 0.3) is 0 Å². The van der Waals surface area contributed by atoms with Gasteiger partial charge in [-0.25, -0.2) is 8.42 Å². The summed E-state index contributed by atoms with van der Waals surface area (Å²) >= 11 is 0. The van der Waals surface area contributed by atoms with Crippen LogP contribution in [0, 0.1) is 0 Å². The molecule has 0 heterocycles. The van der Waals surface area contributed by atoms with Gasteiger partial charge in [0.05, 0.1) is 19.1 Å². The van der Waals surface area contributed by atoms with E-state index in [1.165, 1.54) is 11.4 Å². The van der Waals surface area contributed by atoms with Gasteiger partial charge in [0, 0.05) is 19.5 Å². The van der Waals surface area contributed by atoms with Gasteiger partial charge < -0.3 is 10.1 Å². The molecular formula is C17H28N2O4S. The first-order valence-electron chi connectivity index (χ1n) is 8.27. The van der Waals surface area contributed by atoms with Crippen molar-refractivity contribution >= 4 is 21.6 Å². The van der Waals surface area contributed by atoms with Crippen LogP contribution in [0.2, 0.25) is 0 Å². The molecule has 0 radical (unpaired) electrons. The van der Waals surface area contributed by atoms with Crippen molar-refractivity contribution in [1.29, 1.82) is 0 Å². The Morgan fingerprint density at radius 2 is 1.92 bits per heavy atom. The van der Waals surface area contributed by atoms with Crippen molar-refractivity contribution in [1.82, 2.24) is 5.32 Å². The van der Waals surface area contributed by atoms with Crippen molar-refractivity contribution in [3.63, 3.8) is 0 Å². The number of amides is 1. The fourth-order valence-corrected chi connectivity index (χ4v) is 3.34. The van der Waals surface area contributed by atoms with Gasteiger partial charge in [-0.15, -0.1) is 0 Å². The van der Waals surface area contributed by atoms with Gasteiger partial charge in [0.2, 0.25) is 15.9 Å². The summed E-state index contributed by atoms with van der Waals surface area (Å²) in [6.07, 6.45) is 5.08. The number of benzene rings is 1. The average Bonchev–Trinajstić information content (AvgIpc) is 2.54. The highest BCUT2D eigenvalue weighted by atomic mass is 32.2. The Bertz CT molecular complexity index is 617. The average molecular weight is 356 g/mol. The number of rotatable bonds is 11. The second-order valence-electron chi connectivity index (χ2n) is 5.67. The highest BCUT2D eigenvalue weighted by Gasteiger charge is 2.20. The third-order valence-electron chi connectivity index (χ3n) is 3.62. The van der Waals surface area contributed by atoms with E-state index in [1.807, 2.05) is 0 Å². The van der Waals surface area contributed by atoms with E-state index in [0.29, 0.717) is 30.8 Å². The van der Waals surface area contributed by atoms with Crippen molar-refractivity contribution in [3.8, 4) is 5.75 Å². The molecule has 0 spiro atoms. The summed E-state index contributed by atoms with van der Waals surface area (Å²) in [6.45, 7) is 3.02. The molecule has 1 N–H and O–H groups in total. The maximum atomic E-state index is 12.1. The standard InChI is InChI=1S/C17H28N2O4S/c1-4-5-8-13-18-17(20)12-9-14-19(24(3,21)22)15-10-6-7-11-16(15)23-2/h6-7,10-11H,4-5,8-9,12-14H2,1-3H3,(H,18,20). The Balaban J connectivity index is 2.61. The molecule has 0 aliphatic rings. The Kier molecular flexibility index (Phi) is 8.60. The number of hydrogen-bond acceptors (Lipinski definition) is 4. The molecule has 1 aromatic carbocycles. The number of methoxy groups -OCH3 is 1. The minimum atomic E-state index is -3.45. The zero-order valence-electron chi connectivity index (χ0n) is 14.7. The number of nitrogens with one attached hydrogen (secondary N) is 1. The highest BCUT2D eigenvalue weighted by molar-refractivity contribution is 7.92. The molecule has 6 nitrogen and oxygen atoms in total. The number of ether oxygens (including phenoxy) is 1. The number of unbranched alkanes of at least 4 members (excludes halogenated alkanes) is 2. The molecule has 0 saturated carbocycles. The molecule has 136 valence electrons. The molecule has 24 heavy (non-hydrogen) atoms. The zero-order chi connectivity index (χ0) is 18.0. The predicted octanol–water partition coefficient (Wildman–Crippen LogP) is 2.55. The lowest BCUT2D eigenvalue weighted by Crippen LogP contribution is -2.32. The maximum Gasteiger partial charge on any atom is 0.232 e. The van der Waals surface area contributed by atoms with Gasteiger partial charge in [-0.05, 0) is 25.0 Å². The van der Waals surface area contributed by atoms with Gasteiger partial charge in [-0.2, -0.15) is 0 Å². The molecule has 0 aliphatic carbocycles. The van der Waals surface area contributed by atoms with Crippen LogP contribution in [0.1, 0.15) is 39.0 Å². The van der Waals surface area contributed by atoms with Crippen LogP contribution >= 0.6 is 0 Å². The molecule has 0 fully saturated rings. The van der Waals surface area contributed by atoms with E-state index in [2.05, 4.69) is 12.2 Å². The molecule has 0 unspecified atom stereocenters. The topological polar surface area (TPSA) is 75.7 Å². The second-order valence-corrected chi connectivity index (χ2v) is 7.57. The summed E-state index contributed by atoms with van der Waals surface area (Å²) in [5.41, 5.74) is 0.492. The molecule has 0 saturated heterocycles. The van der Waals surface area contributed by atoms with Crippen LogP contribution in [0.3, 0.4) is 0 Å². The van der Waals surface area contributed by atoms with Gasteiger partial charge in [0.1, 0.15) is 5.75 Å². The Morgan fingerprint density at radius 3 is 2.54 bits per heavy atom. The normalized spacial score (nSPS) is 11.1. The van der Waals surface area contributed by atoms with Crippen LogP contribution in [0.4, 0.5) is 5.69 Å². The summed E-state index contributed by atoms with van der Waals surface area (Å²) in [5.74, 6) is 0.450. The lowest BCUT2D eigenvalue weighted by atomic mass is 10.2. The molecule has 0 aromatic heterocycles. The quantitative estimate of drug-likeness (QED) is 0.618. The van der Waals surface area contributed by atoms with E-state index in [0.717, 1.165) is 25.5 Å². The first-order chi connectivity index (χ1) is 11.4. The zero-order valence-corrected chi connectivity index (χ0v) is 15.6. The number of anilines is 1. The molecule has 1 rings (SSSR count). The first kappa shape index (κ1) is 20.3. The monoisotopic (exact) mass is 356 g/mol. The molecule has 1 aromatic rings. The van der Waals surface area contributed by atoms with Crippen molar-refractivity contribution in [2.75, 3.05) is 30.8 Å². The predicted molar refractivity (Wildman–Crippen MR) is 97.0 cm³/mol. The molecule has 7 heteroatoms. The number of hydrogen-bond donors (Lipinski definition) is 1. The number of nitrogens with zero attached hydrogens (tertiary/aromatic N) is 1. The summed E-state index contributed by atoms with van der Waals surface area (Å²) in [5, 5.41) is 2.86. The third-order valence-corrected chi connectivity index (χ3v) is 4.80. The van der Waals surface area contributed by atoms with Gasteiger partial charge in [-0.3, -0.25) is 9.10 Å². The number of para-hydroxylation sites is 2. The summed E-state index contributed by atoms with van der Waals surface area (Å²) in [6, 6.07) is 6.96. The van der Waals surface area contributed by atoms with Crippen molar-refractivity contribution in [2.24, 2.45) is 0 Å². The summed E-state index contributed by atoms with van der Waals surface area (Å²) < 4.78 is 30.7. The molecule has 0 aliphatic heterocycles. The minimum Gasteiger partial charge on any atom is -0.495 e. The Morgan fingerprint density at radius 1 is 1.21 bits per heavy atom. The summed E-state index contributed by atoms with van der Waals surface area (Å²) in [7, 11) is -1.95. The van der Waals surface area contributed by atoms with Crippen LogP contribution in [-0.2, 0) is 14.8 Å². The summed E-state index contributed by atoms with van der Waals surface area (Å²) in [4.78, 5) is 11.8.